The zero-order chi connectivity index (χ0) is 22.3. The van der Waals surface area contributed by atoms with Gasteiger partial charge in [-0.2, -0.15) is 10.4 Å². The number of hydrogen-bond donors (Lipinski definition) is 0. The molecule has 1 fully saturated rings. The molecule has 31 heavy (non-hydrogen) atoms. The van der Waals surface area contributed by atoms with Gasteiger partial charge in [0.2, 0.25) is 0 Å². The van der Waals surface area contributed by atoms with Gasteiger partial charge in [-0.1, -0.05) is 5.21 Å². The van der Waals surface area contributed by atoms with Crippen LogP contribution in [0.5, 0.6) is 5.75 Å². The third kappa shape index (κ3) is 3.79. The molecule has 3 aromatic heterocycles. The molecule has 162 valence electrons. The fourth-order valence-corrected chi connectivity index (χ4v) is 3.84. The maximum Gasteiger partial charge on any atom is 0.410 e. The van der Waals surface area contributed by atoms with Gasteiger partial charge in [-0.3, -0.25) is 0 Å². The number of likely N-dealkylation sites (tertiary alicyclic amines) is 1. The molecule has 1 saturated heterocycles. The molecule has 0 radical (unpaired) electrons. The Hall–Kier alpha value is -3.61. The van der Waals surface area contributed by atoms with Crippen molar-refractivity contribution in [3.05, 3.63) is 29.7 Å². The lowest BCUT2D eigenvalue weighted by Crippen LogP contribution is -2.35. The van der Waals surface area contributed by atoms with Gasteiger partial charge in [0.25, 0.3) is 0 Å². The zero-order valence-corrected chi connectivity index (χ0v) is 18.3. The second-order valence-corrected chi connectivity index (χ2v) is 8.60. The number of amides is 1. The molecule has 1 atom stereocenters. The average molecular weight is 423 g/mol. The van der Waals surface area contributed by atoms with Crippen LogP contribution in [0, 0.1) is 18.3 Å². The smallest absolute Gasteiger partial charge is 0.410 e. The van der Waals surface area contributed by atoms with Gasteiger partial charge in [-0.15, -0.1) is 5.10 Å². The Kier molecular flexibility index (Phi) is 5.05. The topological polar surface area (TPSA) is 111 Å². The highest BCUT2D eigenvalue weighted by atomic mass is 16.6. The van der Waals surface area contributed by atoms with Crippen molar-refractivity contribution in [2.75, 3.05) is 20.2 Å². The minimum absolute atomic E-state index is 0.0225. The second kappa shape index (κ2) is 7.58. The van der Waals surface area contributed by atoms with Crippen LogP contribution in [-0.4, -0.2) is 61.4 Å². The maximum absolute atomic E-state index is 12.4. The standard InChI is InChI=1S/C21H25N7O3/c1-13-18(14-8-17(30-5)19-15(9-22)10-23-27(19)11-14)24-25-28(13)16-6-7-26(12-16)20(29)31-21(2,3)4/h8,10-11,16H,6-7,12H2,1-5H3/t16-/m1/s1. The van der Waals surface area contributed by atoms with Gasteiger partial charge in [-0.05, 0) is 40.2 Å². The van der Waals surface area contributed by atoms with E-state index in [0.29, 0.717) is 35.6 Å². The molecule has 3 aromatic rings. The summed E-state index contributed by atoms with van der Waals surface area (Å²) in [4.78, 5) is 14.1. The number of rotatable bonds is 3. The van der Waals surface area contributed by atoms with Crippen LogP contribution in [0.25, 0.3) is 16.8 Å². The van der Waals surface area contributed by atoms with Gasteiger partial charge in [0.1, 0.15) is 34.2 Å². The Bertz CT molecular complexity index is 1180. The van der Waals surface area contributed by atoms with Crippen molar-refractivity contribution in [3.63, 3.8) is 0 Å². The summed E-state index contributed by atoms with van der Waals surface area (Å²) < 4.78 is 14.5. The van der Waals surface area contributed by atoms with Crippen molar-refractivity contribution < 1.29 is 14.3 Å². The molecule has 4 rings (SSSR count). The molecule has 0 bridgehead atoms. The molecule has 1 aliphatic heterocycles. The van der Waals surface area contributed by atoms with E-state index in [1.807, 2.05) is 44.6 Å². The summed E-state index contributed by atoms with van der Waals surface area (Å²) >= 11 is 0. The van der Waals surface area contributed by atoms with E-state index in [-0.39, 0.29) is 12.1 Å². The number of methoxy groups -OCH3 is 1. The van der Waals surface area contributed by atoms with E-state index in [4.69, 9.17) is 9.47 Å². The van der Waals surface area contributed by atoms with Crippen molar-refractivity contribution in [2.24, 2.45) is 0 Å². The van der Waals surface area contributed by atoms with Gasteiger partial charge < -0.3 is 14.4 Å². The van der Waals surface area contributed by atoms with E-state index in [0.717, 1.165) is 17.7 Å². The molecule has 1 amide bonds. The largest absolute Gasteiger partial charge is 0.494 e. The highest BCUT2D eigenvalue weighted by Crippen LogP contribution is 2.32. The molecule has 1 aliphatic rings. The Balaban J connectivity index is 1.61. The lowest BCUT2D eigenvalue weighted by atomic mass is 10.1. The number of pyridine rings is 1. The lowest BCUT2D eigenvalue weighted by Gasteiger charge is -2.24. The predicted molar refractivity (Wildman–Crippen MR) is 112 cm³/mol. The van der Waals surface area contributed by atoms with Crippen LogP contribution in [-0.2, 0) is 4.74 Å². The predicted octanol–water partition coefficient (Wildman–Crippen LogP) is 2.96. The summed E-state index contributed by atoms with van der Waals surface area (Å²) in [5.74, 6) is 0.539. The molecule has 10 heteroatoms. The molecular weight excluding hydrogens is 398 g/mol. The Morgan fingerprint density at radius 3 is 2.81 bits per heavy atom. The SMILES string of the molecule is COc1cc(-c2nnn([C@@H]3CCN(C(=O)OC(C)(C)C)C3)c2C)cn2ncc(C#N)c12. The highest BCUT2D eigenvalue weighted by molar-refractivity contribution is 5.74. The highest BCUT2D eigenvalue weighted by Gasteiger charge is 2.32. The Morgan fingerprint density at radius 2 is 2.13 bits per heavy atom. The van der Waals surface area contributed by atoms with Crippen LogP contribution in [0.1, 0.15) is 44.5 Å². The van der Waals surface area contributed by atoms with Gasteiger partial charge in [-0.25, -0.2) is 14.0 Å². The van der Waals surface area contributed by atoms with Crippen molar-refractivity contribution in [1.29, 1.82) is 5.26 Å². The minimum atomic E-state index is -0.527. The van der Waals surface area contributed by atoms with E-state index in [2.05, 4.69) is 21.5 Å². The molecule has 0 unspecified atom stereocenters. The fraction of sp³-hybridized carbons (Fsp3) is 0.476. The quantitative estimate of drug-likeness (QED) is 0.637. The van der Waals surface area contributed by atoms with E-state index in [1.165, 1.54) is 6.20 Å². The summed E-state index contributed by atoms with van der Waals surface area (Å²) in [5, 5.41) is 22.3. The molecule has 0 spiro atoms. The molecule has 0 aromatic carbocycles. The van der Waals surface area contributed by atoms with Crippen molar-refractivity contribution >= 4 is 11.6 Å². The number of nitriles is 1. The van der Waals surface area contributed by atoms with Crippen LogP contribution in [0.15, 0.2) is 18.5 Å². The zero-order valence-electron chi connectivity index (χ0n) is 18.3. The summed E-state index contributed by atoms with van der Waals surface area (Å²) in [5.41, 5.74) is 2.89. The number of aromatic nitrogens is 5. The average Bonchev–Trinajstić information content (AvgIpc) is 3.43. The minimum Gasteiger partial charge on any atom is -0.494 e. The third-order valence-electron chi connectivity index (χ3n) is 5.28. The van der Waals surface area contributed by atoms with Crippen LogP contribution < -0.4 is 4.74 Å². The molecule has 0 saturated carbocycles. The number of nitrogens with zero attached hydrogens (tertiary/aromatic N) is 7. The number of carbonyl (C=O) groups excluding carboxylic acids is 1. The fourth-order valence-electron chi connectivity index (χ4n) is 3.84. The number of carbonyl (C=O) groups is 1. The first-order valence-corrected chi connectivity index (χ1v) is 10.1. The van der Waals surface area contributed by atoms with Crippen molar-refractivity contribution in [2.45, 2.75) is 45.8 Å². The van der Waals surface area contributed by atoms with Gasteiger partial charge in [0.05, 0.1) is 25.0 Å². The molecular formula is C21H25N7O3. The number of hydrogen-bond acceptors (Lipinski definition) is 7. The normalized spacial score (nSPS) is 16.5. The van der Waals surface area contributed by atoms with Gasteiger partial charge >= 0.3 is 6.09 Å². The first-order chi connectivity index (χ1) is 14.7. The van der Waals surface area contributed by atoms with Crippen LogP contribution >= 0.6 is 0 Å². The second-order valence-electron chi connectivity index (χ2n) is 8.60. The van der Waals surface area contributed by atoms with Crippen LogP contribution in [0.2, 0.25) is 0 Å². The first kappa shape index (κ1) is 20.7. The Morgan fingerprint density at radius 1 is 1.35 bits per heavy atom. The lowest BCUT2D eigenvalue weighted by molar-refractivity contribution is 0.0288. The Labute approximate surface area is 180 Å². The molecule has 4 heterocycles. The molecule has 0 N–H and O–H groups in total. The summed E-state index contributed by atoms with van der Waals surface area (Å²) in [7, 11) is 1.56. The van der Waals surface area contributed by atoms with E-state index >= 15 is 0 Å². The van der Waals surface area contributed by atoms with Crippen LogP contribution in [0.3, 0.4) is 0 Å². The third-order valence-corrected chi connectivity index (χ3v) is 5.28. The van der Waals surface area contributed by atoms with Crippen molar-refractivity contribution in [3.8, 4) is 23.1 Å². The van der Waals surface area contributed by atoms with E-state index < -0.39 is 5.60 Å². The van der Waals surface area contributed by atoms with Gasteiger partial charge in [0, 0.05) is 24.8 Å². The van der Waals surface area contributed by atoms with Crippen LogP contribution in [0.4, 0.5) is 4.79 Å². The number of fused-ring (bicyclic) bond motifs is 1. The summed E-state index contributed by atoms with van der Waals surface area (Å²) in [6.45, 7) is 8.65. The molecule has 10 nitrogen and oxygen atoms in total. The van der Waals surface area contributed by atoms with Gasteiger partial charge in [0.15, 0.2) is 0 Å². The number of ether oxygens (including phenoxy) is 2. The summed E-state index contributed by atoms with van der Waals surface area (Å²) in [6.07, 6.45) is 3.78. The maximum atomic E-state index is 12.4. The van der Waals surface area contributed by atoms with Crippen molar-refractivity contribution in [1.82, 2.24) is 29.5 Å². The monoisotopic (exact) mass is 423 g/mol. The van der Waals surface area contributed by atoms with E-state index in [1.54, 1.807) is 16.5 Å². The molecule has 0 aliphatic carbocycles. The summed E-state index contributed by atoms with van der Waals surface area (Å²) in [6, 6.07) is 3.98. The first-order valence-electron chi connectivity index (χ1n) is 10.1. The van der Waals surface area contributed by atoms with E-state index in [9.17, 15) is 10.1 Å².